The topological polar surface area (TPSA) is 34.9 Å². The maximum absolute atomic E-state index is 11.1. The summed E-state index contributed by atoms with van der Waals surface area (Å²) in [5.41, 5.74) is 1.58. The van der Waals surface area contributed by atoms with Gasteiger partial charge < -0.3 is 0 Å². The average Bonchev–Trinajstić information content (AvgIpc) is 2.23. The van der Waals surface area contributed by atoms with Crippen molar-refractivity contribution in [2.45, 2.75) is 0 Å². The van der Waals surface area contributed by atoms with E-state index in [1.807, 2.05) is 12.1 Å². The molecule has 2 rings (SSSR count). The predicted molar refractivity (Wildman–Crippen MR) is 59.9 cm³/mol. The number of aromatic nitrogens is 2. The second kappa shape index (κ2) is 3.87. The molecule has 0 aliphatic carbocycles. The Morgan fingerprint density at radius 2 is 1.80 bits per heavy atom. The first-order valence-corrected chi connectivity index (χ1v) is 4.85. The molecule has 0 amide bonds. The number of halogens is 1. The lowest BCUT2D eigenvalue weighted by atomic mass is 10.1. The normalized spacial score (nSPS) is 10.3. The van der Waals surface area contributed by atoms with Crippen LogP contribution >= 0.6 is 11.6 Å². The van der Waals surface area contributed by atoms with Crippen molar-refractivity contribution in [1.29, 1.82) is 0 Å². The van der Waals surface area contributed by atoms with Crippen LogP contribution in [0, 0.1) is 0 Å². The molecule has 0 bridgehead atoms. The molecule has 76 valence electrons. The molecule has 1 aromatic carbocycles. The van der Waals surface area contributed by atoms with E-state index in [1.54, 1.807) is 25.2 Å². The van der Waals surface area contributed by atoms with Gasteiger partial charge in [-0.15, -0.1) is 0 Å². The summed E-state index contributed by atoms with van der Waals surface area (Å²) < 4.78 is 1.31. The smallest absolute Gasteiger partial charge is 0.266 e. The van der Waals surface area contributed by atoms with Crippen molar-refractivity contribution >= 4 is 11.6 Å². The molecule has 3 nitrogen and oxygen atoms in total. The van der Waals surface area contributed by atoms with E-state index in [2.05, 4.69) is 5.10 Å². The highest BCUT2D eigenvalue weighted by molar-refractivity contribution is 6.30. The molecule has 0 unspecified atom stereocenters. The Bertz CT molecular complexity index is 531. The first kappa shape index (κ1) is 9.93. The fraction of sp³-hybridized carbons (Fsp3) is 0.0909. The zero-order chi connectivity index (χ0) is 10.8. The lowest BCUT2D eigenvalue weighted by Crippen LogP contribution is -2.18. The van der Waals surface area contributed by atoms with E-state index in [4.69, 9.17) is 11.6 Å². The van der Waals surface area contributed by atoms with E-state index >= 15 is 0 Å². The van der Waals surface area contributed by atoms with E-state index in [9.17, 15) is 4.79 Å². The zero-order valence-corrected chi connectivity index (χ0v) is 8.90. The van der Waals surface area contributed by atoms with Gasteiger partial charge in [-0.2, -0.15) is 5.10 Å². The molecule has 0 N–H and O–H groups in total. The summed E-state index contributed by atoms with van der Waals surface area (Å²) in [6, 6.07) is 10.5. The van der Waals surface area contributed by atoms with E-state index in [-0.39, 0.29) is 5.56 Å². The Hall–Kier alpha value is -1.61. The summed E-state index contributed by atoms with van der Waals surface area (Å²) in [6.45, 7) is 0. The number of hydrogen-bond donors (Lipinski definition) is 0. The Kier molecular flexibility index (Phi) is 2.56. The van der Waals surface area contributed by atoms with Crippen LogP contribution in [-0.2, 0) is 7.05 Å². The van der Waals surface area contributed by atoms with Crippen molar-refractivity contribution in [2.24, 2.45) is 7.05 Å². The maximum Gasteiger partial charge on any atom is 0.266 e. The highest BCUT2D eigenvalue weighted by Gasteiger charge is 2.00. The molecule has 0 aliphatic heterocycles. The van der Waals surface area contributed by atoms with Gasteiger partial charge in [0.15, 0.2) is 0 Å². The van der Waals surface area contributed by atoms with Crippen molar-refractivity contribution in [2.75, 3.05) is 0 Å². The molecule has 0 aliphatic rings. The van der Waals surface area contributed by atoms with Crippen molar-refractivity contribution in [3.05, 3.63) is 51.8 Å². The molecule has 0 spiro atoms. The number of rotatable bonds is 1. The Morgan fingerprint density at radius 1 is 1.13 bits per heavy atom. The Morgan fingerprint density at radius 3 is 2.40 bits per heavy atom. The van der Waals surface area contributed by atoms with Gasteiger partial charge in [0.25, 0.3) is 5.56 Å². The van der Waals surface area contributed by atoms with Gasteiger partial charge in [-0.05, 0) is 18.2 Å². The lowest BCUT2D eigenvalue weighted by molar-refractivity contribution is 0.712. The largest absolute Gasteiger partial charge is 0.268 e. The van der Waals surface area contributed by atoms with Crippen LogP contribution in [0.25, 0.3) is 11.3 Å². The first-order chi connectivity index (χ1) is 7.16. The van der Waals surface area contributed by atoms with E-state index in [0.717, 1.165) is 11.3 Å². The number of hydrogen-bond acceptors (Lipinski definition) is 2. The molecule has 0 fully saturated rings. The molecular weight excluding hydrogens is 212 g/mol. The highest BCUT2D eigenvalue weighted by atomic mass is 35.5. The molecule has 1 aromatic heterocycles. The minimum Gasteiger partial charge on any atom is -0.268 e. The van der Waals surface area contributed by atoms with E-state index in [0.29, 0.717) is 5.02 Å². The zero-order valence-electron chi connectivity index (χ0n) is 8.14. The fourth-order valence-corrected chi connectivity index (χ4v) is 1.40. The van der Waals surface area contributed by atoms with Crippen LogP contribution in [0.5, 0.6) is 0 Å². The van der Waals surface area contributed by atoms with Crippen LogP contribution < -0.4 is 5.56 Å². The Labute approximate surface area is 91.9 Å². The third-order valence-electron chi connectivity index (χ3n) is 2.10. The van der Waals surface area contributed by atoms with Crippen molar-refractivity contribution in [3.8, 4) is 11.3 Å². The monoisotopic (exact) mass is 220 g/mol. The first-order valence-electron chi connectivity index (χ1n) is 4.47. The van der Waals surface area contributed by atoms with Crippen LogP contribution in [0.1, 0.15) is 0 Å². The van der Waals surface area contributed by atoms with Gasteiger partial charge in [0, 0.05) is 23.7 Å². The highest BCUT2D eigenvalue weighted by Crippen LogP contribution is 2.18. The minimum atomic E-state index is -0.118. The average molecular weight is 221 g/mol. The fourth-order valence-electron chi connectivity index (χ4n) is 1.28. The predicted octanol–water partition coefficient (Wildman–Crippen LogP) is 2.10. The molecule has 1 heterocycles. The van der Waals surface area contributed by atoms with Crippen molar-refractivity contribution in [3.63, 3.8) is 0 Å². The van der Waals surface area contributed by atoms with Crippen LogP contribution in [0.4, 0.5) is 0 Å². The van der Waals surface area contributed by atoms with Crippen LogP contribution in [0.15, 0.2) is 41.2 Å². The van der Waals surface area contributed by atoms with Gasteiger partial charge in [-0.3, -0.25) is 4.79 Å². The summed E-state index contributed by atoms with van der Waals surface area (Å²) in [7, 11) is 1.63. The standard InChI is InChI=1S/C11H9ClN2O/c1-14-11(15)7-6-10(13-14)8-2-4-9(12)5-3-8/h2-7H,1H3. The van der Waals surface area contributed by atoms with Crippen molar-refractivity contribution in [1.82, 2.24) is 9.78 Å². The van der Waals surface area contributed by atoms with Gasteiger partial charge in [0.2, 0.25) is 0 Å². The van der Waals surface area contributed by atoms with Gasteiger partial charge in [-0.25, -0.2) is 4.68 Å². The number of nitrogens with zero attached hydrogens (tertiary/aromatic N) is 2. The SMILES string of the molecule is Cn1nc(-c2ccc(Cl)cc2)ccc1=O. The molecule has 0 saturated heterocycles. The molecule has 0 saturated carbocycles. The summed E-state index contributed by atoms with van der Waals surface area (Å²) in [4.78, 5) is 11.1. The second-order valence-corrected chi connectivity index (χ2v) is 3.62. The van der Waals surface area contributed by atoms with Crippen LogP contribution in [0.2, 0.25) is 5.02 Å². The van der Waals surface area contributed by atoms with Gasteiger partial charge in [0.05, 0.1) is 5.69 Å². The molecular formula is C11H9ClN2O. The van der Waals surface area contributed by atoms with E-state index < -0.39 is 0 Å². The van der Waals surface area contributed by atoms with Gasteiger partial charge in [-0.1, -0.05) is 23.7 Å². The molecule has 0 atom stereocenters. The van der Waals surface area contributed by atoms with Gasteiger partial charge in [0.1, 0.15) is 0 Å². The van der Waals surface area contributed by atoms with Crippen LogP contribution in [0.3, 0.4) is 0 Å². The van der Waals surface area contributed by atoms with Crippen LogP contribution in [-0.4, -0.2) is 9.78 Å². The quantitative estimate of drug-likeness (QED) is 0.738. The molecule has 2 aromatic rings. The van der Waals surface area contributed by atoms with E-state index in [1.165, 1.54) is 10.7 Å². The Balaban J connectivity index is 2.50. The van der Waals surface area contributed by atoms with Gasteiger partial charge >= 0.3 is 0 Å². The number of benzene rings is 1. The summed E-state index contributed by atoms with van der Waals surface area (Å²) in [5.74, 6) is 0. The summed E-state index contributed by atoms with van der Waals surface area (Å²) in [6.07, 6.45) is 0. The van der Waals surface area contributed by atoms with Crippen molar-refractivity contribution < 1.29 is 0 Å². The minimum absolute atomic E-state index is 0.118. The number of aryl methyl sites for hydroxylation is 1. The summed E-state index contributed by atoms with van der Waals surface area (Å²) in [5, 5.41) is 4.82. The summed E-state index contributed by atoms with van der Waals surface area (Å²) >= 11 is 5.78. The second-order valence-electron chi connectivity index (χ2n) is 3.19. The molecule has 15 heavy (non-hydrogen) atoms. The molecule has 4 heteroatoms. The maximum atomic E-state index is 11.1. The third kappa shape index (κ3) is 2.07. The third-order valence-corrected chi connectivity index (χ3v) is 2.35. The lowest BCUT2D eigenvalue weighted by Gasteiger charge is -2.02. The molecule has 0 radical (unpaired) electrons.